The van der Waals surface area contributed by atoms with Crippen LogP contribution in [0.3, 0.4) is 0 Å². The minimum Gasteiger partial charge on any atom is -1.00 e. The summed E-state index contributed by atoms with van der Waals surface area (Å²) >= 11 is 0. The summed E-state index contributed by atoms with van der Waals surface area (Å²) in [5.74, 6) is 0. The summed E-state index contributed by atoms with van der Waals surface area (Å²) in [6, 6.07) is 0. The van der Waals surface area contributed by atoms with Gasteiger partial charge in [-0.3, -0.25) is 0 Å². The first-order chi connectivity index (χ1) is 0. The molecule has 0 bridgehead atoms. The van der Waals surface area contributed by atoms with Crippen LogP contribution in [-0.4, -0.2) is 149 Å². The fourth-order valence-electron chi connectivity index (χ4n) is 0. The molecule has 0 atom stereocenters. The van der Waals surface area contributed by atoms with E-state index in [2.05, 4.69) is 0 Å². The number of hydrogen-bond acceptors (Lipinski definition) is 0. The quantitative estimate of drug-likeness (QED) is 0.464. The maximum atomic E-state index is 0. The Labute approximate surface area is 152 Å². The van der Waals surface area contributed by atoms with Crippen molar-refractivity contribution in [1.82, 2.24) is 0 Å². The van der Waals surface area contributed by atoms with Crippen LogP contribution in [0.15, 0.2) is 0 Å². The van der Waals surface area contributed by atoms with Crippen LogP contribution in [0.5, 0.6) is 0 Å². The third-order valence-corrected chi connectivity index (χ3v) is 0. The van der Waals surface area contributed by atoms with Gasteiger partial charge in [-0.05, 0) is 0 Å². The predicted molar refractivity (Wildman–Crippen MR) is 27.5 cm³/mol. The topological polar surface area (TPSA) is 31.5 Å². The Hall–Kier alpha value is 4.58. The maximum Gasteiger partial charge on any atom is 2.00 e. The molecule has 4 heteroatoms. The molecule has 1 nitrogen and oxygen atoms in total. The molecule has 0 aliphatic carbocycles. The molecule has 0 saturated heterocycles. The SMILES string of the molecule is O.[Ba+2].[Ba+2].[H-].[H-].[H-].[H-].[H-].[H-].[Sr+2]. The molecule has 0 heterocycles. The van der Waals surface area contributed by atoms with E-state index in [1.54, 1.807) is 0 Å². The molecule has 0 saturated carbocycles. The molecule has 0 amide bonds. The zero-order valence-electron chi connectivity index (χ0n) is 8.62. The van der Waals surface area contributed by atoms with Crippen molar-refractivity contribution in [3.8, 4) is 0 Å². The molecule has 0 rings (SSSR count). The van der Waals surface area contributed by atoms with Crippen molar-refractivity contribution < 1.29 is 14.0 Å². The van der Waals surface area contributed by atoms with Gasteiger partial charge in [0, 0.05) is 0 Å². The van der Waals surface area contributed by atoms with E-state index < -0.39 is 0 Å². The van der Waals surface area contributed by atoms with Gasteiger partial charge in [0.05, 0.1) is 0 Å². The van der Waals surface area contributed by atoms with Gasteiger partial charge in [0.1, 0.15) is 0 Å². The molecule has 0 spiro atoms. The van der Waals surface area contributed by atoms with Gasteiger partial charge in [0.2, 0.25) is 0 Å². The third-order valence-electron chi connectivity index (χ3n) is 0. The molecular weight excluding hydrogens is 378 g/mol. The summed E-state index contributed by atoms with van der Waals surface area (Å²) in [5, 5.41) is 0. The summed E-state index contributed by atoms with van der Waals surface area (Å²) in [5.41, 5.74) is 0. The van der Waals surface area contributed by atoms with Gasteiger partial charge in [-0.25, -0.2) is 0 Å². The van der Waals surface area contributed by atoms with Gasteiger partial charge in [-0.15, -0.1) is 0 Å². The third kappa shape index (κ3) is 9.77. The number of rotatable bonds is 0. The first kappa shape index (κ1) is 23.5. The Balaban J connectivity index is 0. The fourth-order valence-corrected chi connectivity index (χ4v) is 0. The van der Waals surface area contributed by atoms with Crippen molar-refractivity contribution >= 4 is 143 Å². The van der Waals surface area contributed by atoms with Crippen molar-refractivity contribution in [2.45, 2.75) is 0 Å². The summed E-state index contributed by atoms with van der Waals surface area (Å²) < 4.78 is 0. The molecule has 0 aliphatic rings. The molecule has 20 valence electrons. The fraction of sp³-hybridized carbons (Fsp3) is 0. The second-order valence-corrected chi connectivity index (χ2v) is 0. The van der Waals surface area contributed by atoms with Crippen molar-refractivity contribution in [3.63, 3.8) is 0 Å². The zero-order chi connectivity index (χ0) is 0. The summed E-state index contributed by atoms with van der Waals surface area (Å²) in [7, 11) is 0. The van der Waals surface area contributed by atoms with Crippen LogP contribution in [0.1, 0.15) is 8.56 Å². The van der Waals surface area contributed by atoms with Gasteiger partial charge in [0.15, 0.2) is 0 Å². The second kappa shape index (κ2) is 15.6. The monoisotopic (exact) mass is 388 g/mol. The molecule has 2 N–H and O–H groups in total. The smallest absolute Gasteiger partial charge is 1.00 e. The molecule has 4 heavy (non-hydrogen) atoms. The first-order valence-corrected chi connectivity index (χ1v) is 0. The zero-order valence-corrected chi connectivity index (χ0v) is 15.0. The van der Waals surface area contributed by atoms with Crippen LogP contribution >= 0.6 is 0 Å². The molecule has 0 fully saturated rings. The molecule has 0 aromatic heterocycles. The van der Waals surface area contributed by atoms with Crippen LogP contribution in [-0.2, 0) is 0 Å². The van der Waals surface area contributed by atoms with Crippen molar-refractivity contribution in [3.05, 3.63) is 0 Å². The Morgan fingerprint density at radius 3 is 1.00 bits per heavy atom. The minimum atomic E-state index is 0. The van der Waals surface area contributed by atoms with Crippen LogP contribution in [0.25, 0.3) is 0 Å². The summed E-state index contributed by atoms with van der Waals surface area (Å²) in [6.45, 7) is 0. The molecule has 0 aromatic carbocycles. The van der Waals surface area contributed by atoms with Gasteiger partial charge < -0.3 is 14.0 Å². The molecule has 0 radical (unpaired) electrons. The summed E-state index contributed by atoms with van der Waals surface area (Å²) in [6.07, 6.45) is 0. The van der Waals surface area contributed by atoms with Crippen molar-refractivity contribution in [2.24, 2.45) is 0 Å². The van der Waals surface area contributed by atoms with E-state index >= 15 is 0 Å². The average Bonchev–Trinajstić information content (AvgIpc) is 0. The van der Waals surface area contributed by atoms with Crippen LogP contribution in [0, 0.1) is 0 Å². The number of hydrogen-bond donors (Lipinski definition) is 0. The first-order valence-electron chi connectivity index (χ1n) is 0. The van der Waals surface area contributed by atoms with Gasteiger partial charge in [0.25, 0.3) is 0 Å². The normalized spacial score (nSPS) is 0. The standard InChI is InChI=1S/2Ba.H2O.Sr.6H/h;;1H2;;;;;;;/q2*+2;;+2;6*-1. The Morgan fingerprint density at radius 2 is 1.00 bits per heavy atom. The largest absolute Gasteiger partial charge is 2.00 e. The second-order valence-electron chi connectivity index (χ2n) is 0. The van der Waals surface area contributed by atoms with Gasteiger partial charge in [-0.1, -0.05) is 0 Å². The van der Waals surface area contributed by atoms with E-state index in [1.165, 1.54) is 0 Å². The summed E-state index contributed by atoms with van der Waals surface area (Å²) in [4.78, 5) is 0. The van der Waals surface area contributed by atoms with Crippen molar-refractivity contribution in [2.75, 3.05) is 0 Å². The minimum absolute atomic E-state index is 0. The van der Waals surface area contributed by atoms with E-state index in [4.69, 9.17) is 0 Å². The van der Waals surface area contributed by atoms with Gasteiger partial charge in [-0.2, -0.15) is 0 Å². The van der Waals surface area contributed by atoms with Crippen molar-refractivity contribution in [1.29, 1.82) is 0 Å². The molecule has 0 aromatic rings. The molecule has 0 aliphatic heterocycles. The Bertz CT molecular complexity index is 15.7. The van der Waals surface area contributed by atoms with E-state index in [9.17, 15) is 0 Å². The predicted octanol–water partition coefficient (Wildman–Crippen LogP) is -1.29. The average molecular weight is 386 g/mol. The van der Waals surface area contributed by atoms with E-state index in [-0.39, 0.29) is 157 Å². The van der Waals surface area contributed by atoms with Crippen LogP contribution in [0.4, 0.5) is 0 Å². The van der Waals surface area contributed by atoms with E-state index in [1.807, 2.05) is 0 Å². The molecular formula is H8Ba2OSr. The Morgan fingerprint density at radius 1 is 1.00 bits per heavy atom. The van der Waals surface area contributed by atoms with Crippen LogP contribution < -0.4 is 0 Å². The van der Waals surface area contributed by atoms with Gasteiger partial charge >= 0.3 is 143 Å². The van der Waals surface area contributed by atoms with E-state index in [0.717, 1.165) is 0 Å². The maximum absolute atomic E-state index is 0. The Kier molecular flexibility index (Phi) is 91.9. The van der Waals surface area contributed by atoms with Crippen LogP contribution in [0.2, 0.25) is 0 Å². The van der Waals surface area contributed by atoms with E-state index in [0.29, 0.717) is 0 Å². The molecule has 0 unspecified atom stereocenters.